The highest BCUT2D eigenvalue weighted by molar-refractivity contribution is 5.47. The molecule has 0 radical (unpaired) electrons. The number of rotatable bonds is 6. The molecule has 0 heterocycles. The summed E-state index contributed by atoms with van der Waals surface area (Å²) in [5, 5.41) is 10.0. The highest BCUT2D eigenvalue weighted by atomic mass is 16.6. The van der Waals surface area contributed by atoms with Crippen LogP contribution < -0.4 is 0 Å². The molecule has 0 aliphatic heterocycles. The summed E-state index contributed by atoms with van der Waals surface area (Å²) >= 11 is 0. The Morgan fingerprint density at radius 1 is 1.25 bits per heavy atom. The molecular formula is C13H15NO2. The maximum Gasteiger partial charge on any atom is 0.203 e. The van der Waals surface area contributed by atoms with Crippen molar-refractivity contribution < 1.29 is 4.92 Å². The molecule has 0 aliphatic carbocycles. The summed E-state index contributed by atoms with van der Waals surface area (Å²) in [6.45, 7) is 0.0657. The third-order valence-corrected chi connectivity index (χ3v) is 2.11. The lowest BCUT2D eigenvalue weighted by molar-refractivity contribution is -0.480. The van der Waals surface area contributed by atoms with E-state index in [1.54, 1.807) is 0 Å². The van der Waals surface area contributed by atoms with E-state index in [2.05, 4.69) is 5.73 Å². The summed E-state index contributed by atoms with van der Waals surface area (Å²) < 4.78 is 0. The average molecular weight is 217 g/mol. The van der Waals surface area contributed by atoms with Crippen molar-refractivity contribution in [3.63, 3.8) is 0 Å². The minimum Gasteiger partial charge on any atom is -0.265 e. The molecule has 0 amide bonds. The summed E-state index contributed by atoms with van der Waals surface area (Å²) in [6.07, 6.45) is 6.16. The van der Waals surface area contributed by atoms with Crippen LogP contribution in [0.4, 0.5) is 0 Å². The molecule has 0 unspecified atom stereocenters. The third-order valence-electron chi connectivity index (χ3n) is 2.11. The molecule has 0 bridgehead atoms. The first kappa shape index (κ1) is 12.2. The highest BCUT2D eigenvalue weighted by Crippen LogP contribution is 2.00. The van der Waals surface area contributed by atoms with E-state index in [0.29, 0.717) is 6.42 Å². The fraction of sp³-hybridized carbons (Fsp3) is 0.308. The lowest BCUT2D eigenvalue weighted by atomic mass is 10.2. The van der Waals surface area contributed by atoms with Crippen LogP contribution in [0, 0.1) is 10.1 Å². The molecule has 1 aromatic carbocycles. The predicted octanol–water partition coefficient (Wildman–Crippen LogP) is 3.30. The molecular weight excluding hydrogens is 202 g/mol. The smallest absolute Gasteiger partial charge is 0.203 e. The van der Waals surface area contributed by atoms with E-state index >= 15 is 0 Å². The van der Waals surface area contributed by atoms with Crippen molar-refractivity contribution >= 4 is 6.08 Å². The number of nitro groups is 1. The zero-order chi connectivity index (χ0) is 11.6. The van der Waals surface area contributed by atoms with Crippen LogP contribution >= 0.6 is 0 Å². The Balaban J connectivity index is 2.22. The van der Waals surface area contributed by atoms with Gasteiger partial charge in [-0.05, 0) is 30.6 Å². The molecule has 0 N–H and O–H groups in total. The molecule has 1 aromatic rings. The Labute approximate surface area is 95.3 Å². The second-order valence-corrected chi connectivity index (χ2v) is 3.48. The number of allylic oxidation sites excluding steroid dienone is 1. The van der Waals surface area contributed by atoms with Gasteiger partial charge in [-0.25, -0.2) is 0 Å². The summed E-state index contributed by atoms with van der Waals surface area (Å²) in [5.74, 6) is 0. The molecule has 84 valence electrons. The van der Waals surface area contributed by atoms with Gasteiger partial charge in [0.1, 0.15) is 0 Å². The fourth-order valence-corrected chi connectivity index (χ4v) is 1.28. The van der Waals surface area contributed by atoms with E-state index in [9.17, 15) is 10.1 Å². The van der Waals surface area contributed by atoms with Crippen LogP contribution in [0.3, 0.4) is 0 Å². The fourth-order valence-electron chi connectivity index (χ4n) is 1.28. The molecule has 1 rings (SSSR count). The van der Waals surface area contributed by atoms with Crippen LogP contribution in [0.2, 0.25) is 0 Å². The van der Waals surface area contributed by atoms with Crippen molar-refractivity contribution in [1.82, 2.24) is 0 Å². The topological polar surface area (TPSA) is 43.1 Å². The molecule has 0 aromatic heterocycles. The van der Waals surface area contributed by atoms with Crippen molar-refractivity contribution in [3.05, 3.63) is 57.8 Å². The van der Waals surface area contributed by atoms with Gasteiger partial charge in [-0.3, -0.25) is 10.1 Å². The van der Waals surface area contributed by atoms with Crippen molar-refractivity contribution in [2.45, 2.75) is 19.3 Å². The van der Waals surface area contributed by atoms with Gasteiger partial charge in [-0.1, -0.05) is 30.3 Å². The molecule has 3 nitrogen and oxygen atoms in total. The van der Waals surface area contributed by atoms with Crippen LogP contribution in [0.15, 0.2) is 42.1 Å². The van der Waals surface area contributed by atoms with Crippen LogP contribution in [-0.2, 0) is 0 Å². The number of hydrogen-bond acceptors (Lipinski definition) is 2. The molecule has 0 fully saturated rings. The van der Waals surface area contributed by atoms with E-state index in [0.717, 1.165) is 18.4 Å². The van der Waals surface area contributed by atoms with E-state index < -0.39 is 0 Å². The second kappa shape index (κ2) is 7.43. The summed E-state index contributed by atoms with van der Waals surface area (Å²) in [5.41, 5.74) is 4.18. The molecule has 0 saturated heterocycles. The highest BCUT2D eigenvalue weighted by Gasteiger charge is 1.93. The van der Waals surface area contributed by atoms with Gasteiger partial charge in [0.25, 0.3) is 0 Å². The normalized spacial score (nSPS) is 9.25. The molecule has 16 heavy (non-hydrogen) atoms. The third kappa shape index (κ3) is 5.78. The van der Waals surface area contributed by atoms with Crippen LogP contribution in [0.5, 0.6) is 0 Å². The van der Waals surface area contributed by atoms with Crippen LogP contribution in [0.25, 0.3) is 6.08 Å². The summed E-state index contributed by atoms with van der Waals surface area (Å²) in [6, 6.07) is 9.94. The first-order valence-corrected chi connectivity index (χ1v) is 5.37. The monoisotopic (exact) mass is 217 g/mol. The van der Waals surface area contributed by atoms with Gasteiger partial charge in [0.2, 0.25) is 6.54 Å². The van der Waals surface area contributed by atoms with Gasteiger partial charge in [0, 0.05) is 11.3 Å². The van der Waals surface area contributed by atoms with E-state index in [1.807, 2.05) is 42.5 Å². The van der Waals surface area contributed by atoms with Crippen molar-refractivity contribution in [3.8, 4) is 0 Å². The molecule has 0 atom stereocenters. The predicted molar refractivity (Wildman–Crippen MR) is 64.7 cm³/mol. The van der Waals surface area contributed by atoms with Gasteiger partial charge < -0.3 is 0 Å². The summed E-state index contributed by atoms with van der Waals surface area (Å²) in [7, 11) is 0. The first-order chi connectivity index (χ1) is 7.79. The summed E-state index contributed by atoms with van der Waals surface area (Å²) in [4.78, 5) is 9.77. The Kier molecular flexibility index (Phi) is 5.67. The molecule has 0 saturated carbocycles. The quantitative estimate of drug-likeness (QED) is 0.317. The van der Waals surface area contributed by atoms with Crippen LogP contribution in [-0.4, -0.2) is 11.5 Å². The SMILES string of the molecule is O=[N+]([O-])CCCCC=C=Cc1ccccc1. The van der Waals surface area contributed by atoms with E-state index in [4.69, 9.17) is 0 Å². The maximum absolute atomic E-state index is 10.0. The standard InChI is InChI=1S/C13H15NO2/c15-14(16)12-8-3-1-2-5-9-13-10-6-4-7-11-13/h2,4,6-7,9-11H,1,3,8,12H2. The minimum absolute atomic E-state index is 0.0657. The van der Waals surface area contributed by atoms with Gasteiger partial charge in [-0.2, -0.15) is 0 Å². The first-order valence-electron chi connectivity index (χ1n) is 5.37. The Morgan fingerprint density at radius 2 is 2.00 bits per heavy atom. The van der Waals surface area contributed by atoms with Crippen LogP contribution in [0.1, 0.15) is 24.8 Å². The van der Waals surface area contributed by atoms with Gasteiger partial charge in [0.15, 0.2) is 0 Å². The number of unbranched alkanes of at least 4 members (excludes halogenated alkanes) is 2. The van der Waals surface area contributed by atoms with E-state index in [1.165, 1.54) is 0 Å². The lowest BCUT2D eigenvalue weighted by Gasteiger charge is -1.90. The molecule has 3 heteroatoms. The molecule has 0 spiro atoms. The Hall–Kier alpha value is -1.86. The number of benzene rings is 1. The maximum atomic E-state index is 10.0. The average Bonchev–Trinajstić information content (AvgIpc) is 2.29. The zero-order valence-corrected chi connectivity index (χ0v) is 9.13. The van der Waals surface area contributed by atoms with Gasteiger partial charge >= 0.3 is 0 Å². The van der Waals surface area contributed by atoms with Gasteiger partial charge in [0.05, 0.1) is 0 Å². The zero-order valence-electron chi connectivity index (χ0n) is 9.13. The van der Waals surface area contributed by atoms with Crippen molar-refractivity contribution in [2.24, 2.45) is 0 Å². The van der Waals surface area contributed by atoms with Crippen molar-refractivity contribution in [1.29, 1.82) is 0 Å². The Morgan fingerprint density at radius 3 is 2.69 bits per heavy atom. The second-order valence-electron chi connectivity index (χ2n) is 3.48. The number of hydrogen-bond donors (Lipinski definition) is 0. The van der Waals surface area contributed by atoms with Gasteiger partial charge in [-0.15, -0.1) is 5.73 Å². The Bertz CT molecular complexity index is 378. The number of nitrogens with zero attached hydrogens (tertiary/aromatic N) is 1. The van der Waals surface area contributed by atoms with E-state index in [-0.39, 0.29) is 11.5 Å². The molecule has 0 aliphatic rings. The largest absolute Gasteiger partial charge is 0.265 e. The van der Waals surface area contributed by atoms with Crippen molar-refractivity contribution in [2.75, 3.05) is 6.54 Å². The lowest BCUT2D eigenvalue weighted by Crippen LogP contribution is -1.99. The minimum atomic E-state index is -0.274.